The zero-order chi connectivity index (χ0) is 12.7. The molecule has 96 valence electrons. The van der Waals surface area contributed by atoms with E-state index in [1.807, 2.05) is 0 Å². The Morgan fingerprint density at radius 2 is 2.11 bits per heavy atom. The number of epoxide rings is 1. The van der Waals surface area contributed by atoms with Gasteiger partial charge in [-0.3, -0.25) is 0 Å². The van der Waals surface area contributed by atoms with E-state index >= 15 is 0 Å². The summed E-state index contributed by atoms with van der Waals surface area (Å²) >= 11 is 0. The zero-order valence-corrected chi connectivity index (χ0v) is 9.75. The summed E-state index contributed by atoms with van der Waals surface area (Å²) in [7, 11) is 0. The van der Waals surface area contributed by atoms with Crippen LogP contribution in [0.15, 0.2) is 24.3 Å². The molecule has 0 radical (unpaired) electrons. The first-order valence-corrected chi connectivity index (χ1v) is 6.07. The van der Waals surface area contributed by atoms with E-state index in [0.29, 0.717) is 6.54 Å². The van der Waals surface area contributed by atoms with Crippen LogP contribution < -0.4 is 0 Å². The summed E-state index contributed by atoms with van der Waals surface area (Å²) in [5.74, 6) is -0.274. The highest BCUT2D eigenvalue weighted by atomic mass is 19.1. The predicted molar refractivity (Wildman–Crippen MR) is 61.8 cm³/mol. The smallest absolute Gasteiger partial charge is 0.407 e. The second-order valence-electron chi connectivity index (χ2n) is 4.76. The Kier molecular flexibility index (Phi) is 2.70. The van der Waals surface area contributed by atoms with E-state index in [1.54, 1.807) is 12.1 Å². The van der Waals surface area contributed by atoms with Crippen LogP contribution in [0.1, 0.15) is 24.5 Å². The van der Waals surface area contributed by atoms with E-state index in [-0.39, 0.29) is 24.1 Å². The third-order valence-corrected chi connectivity index (χ3v) is 3.65. The molecule has 0 aromatic heterocycles. The number of hydrogen-bond donors (Lipinski definition) is 1. The Hall–Kier alpha value is -1.62. The van der Waals surface area contributed by atoms with Crippen LogP contribution in [-0.4, -0.2) is 34.8 Å². The molecule has 2 aliphatic rings. The first-order chi connectivity index (χ1) is 8.66. The number of ether oxygens (including phenoxy) is 1. The van der Waals surface area contributed by atoms with Gasteiger partial charge in [-0.05, 0) is 30.5 Å². The van der Waals surface area contributed by atoms with Crippen molar-refractivity contribution in [3.63, 3.8) is 0 Å². The van der Waals surface area contributed by atoms with Gasteiger partial charge < -0.3 is 14.7 Å². The average molecular weight is 251 g/mol. The van der Waals surface area contributed by atoms with Gasteiger partial charge in [0.2, 0.25) is 0 Å². The highest BCUT2D eigenvalue weighted by Crippen LogP contribution is 2.44. The van der Waals surface area contributed by atoms with E-state index in [0.717, 1.165) is 18.4 Å². The van der Waals surface area contributed by atoms with Gasteiger partial charge in [0.15, 0.2) is 0 Å². The van der Waals surface area contributed by atoms with Gasteiger partial charge in [0, 0.05) is 6.54 Å². The summed E-state index contributed by atoms with van der Waals surface area (Å²) in [5, 5.41) is 9.07. The molecular formula is C13H14FNO3. The molecule has 3 atom stereocenters. The highest BCUT2D eigenvalue weighted by molar-refractivity contribution is 5.66. The van der Waals surface area contributed by atoms with E-state index in [1.165, 1.54) is 17.0 Å². The fourth-order valence-corrected chi connectivity index (χ4v) is 2.71. The Balaban J connectivity index is 1.70. The van der Waals surface area contributed by atoms with Crippen molar-refractivity contribution in [2.45, 2.75) is 31.1 Å². The van der Waals surface area contributed by atoms with Crippen LogP contribution in [0.5, 0.6) is 0 Å². The molecule has 18 heavy (non-hydrogen) atoms. The van der Waals surface area contributed by atoms with E-state index < -0.39 is 6.09 Å². The molecule has 5 heteroatoms. The number of amides is 1. The monoisotopic (exact) mass is 251 g/mol. The van der Waals surface area contributed by atoms with Crippen molar-refractivity contribution in [1.29, 1.82) is 0 Å². The number of nitrogens with zero attached hydrogens (tertiary/aromatic N) is 1. The largest absolute Gasteiger partial charge is 0.465 e. The molecular weight excluding hydrogens is 237 g/mol. The molecule has 2 aliphatic heterocycles. The molecule has 3 rings (SSSR count). The van der Waals surface area contributed by atoms with Gasteiger partial charge in [0.1, 0.15) is 18.0 Å². The zero-order valence-electron chi connectivity index (χ0n) is 9.75. The minimum absolute atomic E-state index is 0.0578. The minimum atomic E-state index is -0.883. The summed E-state index contributed by atoms with van der Waals surface area (Å²) < 4.78 is 18.4. The lowest BCUT2D eigenvalue weighted by Gasteiger charge is -2.19. The number of carbonyl (C=O) groups is 1. The van der Waals surface area contributed by atoms with E-state index in [4.69, 9.17) is 9.84 Å². The predicted octanol–water partition coefficient (Wildman–Crippen LogP) is 2.41. The lowest BCUT2D eigenvalue weighted by molar-refractivity contribution is 0.132. The van der Waals surface area contributed by atoms with Gasteiger partial charge in [-0.1, -0.05) is 12.1 Å². The third-order valence-electron chi connectivity index (χ3n) is 3.65. The van der Waals surface area contributed by atoms with Crippen LogP contribution >= 0.6 is 0 Å². The van der Waals surface area contributed by atoms with Crippen LogP contribution in [-0.2, 0) is 4.74 Å². The van der Waals surface area contributed by atoms with Crippen molar-refractivity contribution in [3.05, 3.63) is 35.6 Å². The third kappa shape index (κ3) is 1.95. The SMILES string of the molecule is O=C(O)N1CCC[C@@H]1[C@@H]1O[C@H]1c1ccc(F)cc1. The number of rotatable bonds is 2. The maximum Gasteiger partial charge on any atom is 0.407 e. The van der Waals surface area contributed by atoms with Gasteiger partial charge in [-0.25, -0.2) is 9.18 Å². The Morgan fingerprint density at radius 1 is 1.39 bits per heavy atom. The van der Waals surface area contributed by atoms with Crippen molar-refractivity contribution < 1.29 is 19.0 Å². The van der Waals surface area contributed by atoms with Gasteiger partial charge in [-0.2, -0.15) is 0 Å². The molecule has 2 fully saturated rings. The first kappa shape index (κ1) is 11.5. The summed E-state index contributed by atoms with van der Waals surface area (Å²) in [5.41, 5.74) is 0.915. The molecule has 1 aromatic rings. The van der Waals surface area contributed by atoms with E-state index in [2.05, 4.69) is 0 Å². The molecule has 2 saturated heterocycles. The molecule has 2 heterocycles. The standard InChI is InChI=1S/C13H14FNO3/c14-9-5-3-8(4-6-9)11-12(18-11)10-2-1-7-15(10)13(16)17/h3-6,10-12H,1-2,7H2,(H,16,17)/t10-,11+,12+/m1/s1. The van der Waals surface area contributed by atoms with Crippen LogP contribution in [0, 0.1) is 5.82 Å². The lowest BCUT2D eigenvalue weighted by atomic mass is 10.0. The van der Waals surface area contributed by atoms with Crippen LogP contribution in [0.25, 0.3) is 0 Å². The molecule has 0 bridgehead atoms. The average Bonchev–Trinajstić information content (AvgIpc) is 2.98. The van der Waals surface area contributed by atoms with E-state index in [9.17, 15) is 9.18 Å². The van der Waals surface area contributed by atoms with Crippen molar-refractivity contribution in [3.8, 4) is 0 Å². The number of halogens is 1. The molecule has 0 saturated carbocycles. The minimum Gasteiger partial charge on any atom is -0.465 e. The number of carboxylic acid groups (broad SMARTS) is 1. The van der Waals surface area contributed by atoms with Crippen molar-refractivity contribution in [2.75, 3.05) is 6.54 Å². The van der Waals surface area contributed by atoms with Crippen LogP contribution in [0.2, 0.25) is 0 Å². The normalized spacial score (nSPS) is 30.5. The molecule has 1 amide bonds. The number of benzene rings is 1. The maximum atomic E-state index is 12.8. The fourth-order valence-electron chi connectivity index (χ4n) is 2.71. The van der Waals surface area contributed by atoms with Crippen molar-refractivity contribution in [1.82, 2.24) is 4.90 Å². The van der Waals surface area contributed by atoms with Gasteiger partial charge in [-0.15, -0.1) is 0 Å². The Morgan fingerprint density at radius 3 is 2.78 bits per heavy atom. The van der Waals surface area contributed by atoms with Crippen molar-refractivity contribution >= 4 is 6.09 Å². The second-order valence-corrected chi connectivity index (χ2v) is 4.76. The van der Waals surface area contributed by atoms with Crippen LogP contribution in [0.4, 0.5) is 9.18 Å². The van der Waals surface area contributed by atoms with Crippen molar-refractivity contribution in [2.24, 2.45) is 0 Å². The Labute approximate surface area is 104 Å². The van der Waals surface area contributed by atoms with Crippen LogP contribution in [0.3, 0.4) is 0 Å². The van der Waals surface area contributed by atoms with Gasteiger partial charge in [0.25, 0.3) is 0 Å². The fraction of sp³-hybridized carbons (Fsp3) is 0.462. The topological polar surface area (TPSA) is 53.1 Å². The highest BCUT2D eigenvalue weighted by Gasteiger charge is 2.50. The summed E-state index contributed by atoms with van der Waals surface area (Å²) in [4.78, 5) is 12.5. The molecule has 0 spiro atoms. The summed E-state index contributed by atoms with van der Waals surface area (Å²) in [6.07, 6.45) is 0.678. The quantitative estimate of drug-likeness (QED) is 0.821. The molecule has 1 aromatic carbocycles. The lowest BCUT2D eigenvalue weighted by Crippen LogP contribution is -2.37. The second kappa shape index (κ2) is 4.24. The molecule has 0 unspecified atom stereocenters. The summed E-state index contributed by atoms with van der Waals surface area (Å²) in [6.45, 7) is 0.579. The Bertz CT molecular complexity index is 462. The molecule has 4 nitrogen and oxygen atoms in total. The van der Waals surface area contributed by atoms with Gasteiger partial charge in [0.05, 0.1) is 6.04 Å². The van der Waals surface area contributed by atoms with Gasteiger partial charge >= 0.3 is 6.09 Å². The molecule has 0 aliphatic carbocycles. The first-order valence-electron chi connectivity index (χ1n) is 6.07. The summed E-state index contributed by atoms with van der Waals surface area (Å²) in [6, 6.07) is 6.13. The number of hydrogen-bond acceptors (Lipinski definition) is 2. The number of likely N-dealkylation sites (tertiary alicyclic amines) is 1. The maximum absolute atomic E-state index is 12.8. The molecule has 1 N–H and O–H groups in total.